The fourth-order valence-electron chi connectivity index (χ4n) is 2.46. The fraction of sp³-hybridized carbons (Fsp3) is 0.625. The Hall–Kier alpha value is -1.76. The second-order valence-corrected chi connectivity index (χ2v) is 6.40. The van der Waals surface area contributed by atoms with Crippen molar-refractivity contribution in [3.05, 3.63) is 23.9 Å². The Morgan fingerprint density at radius 2 is 2.22 bits per heavy atom. The van der Waals surface area contributed by atoms with Gasteiger partial charge in [0.15, 0.2) is 0 Å². The van der Waals surface area contributed by atoms with Crippen molar-refractivity contribution < 1.29 is 23.4 Å². The molecule has 126 valence electrons. The maximum absolute atomic E-state index is 13.9. The lowest BCUT2D eigenvalue weighted by Crippen LogP contribution is -2.60. The number of aliphatic hydroxyl groups is 1. The predicted octanol–water partition coefficient (Wildman–Crippen LogP) is 2.04. The highest BCUT2D eigenvalue weighted by Crippen LogP contribution is 2.44. The first-order valence-electron chi connectivity index (χ1n) is 7.87. The molecule has 1 aromatic rings. The minimum Gasteiger partial charge on any atom is -0.477 e. The van der Waals surface area contributed by atoms with Gasteiger partial charge in [0.1, 0.15) is 5.60 Å². The normalized spacial score (nSPS) is 19.8. The van der Waals surface area contributed by atoms with Crippen LogP contribution in [0.5, 0.6) is 5.88 Å². The van der Waals surface area contributed by atoms with Crippen LogP contribution in [0.1, 0.15) is 37.7 Å². The summed E-state index contributed by atoms with van der Waals surface area (Å²) in [6.45, 7) is 0.542. The van der Waals surface area contributed by atoms with Crippen molar-refractivity contribution in [2.75, 3.05) is 6.61 Å². The number of ether oxygens (including phenoxy) is 1. The predicted molar refractivity (Wildman–Crippen MR) is 78.1 cm³/mol. The van der Waals surface area contributed by atoms with E-state index in [1.807, 2.05) is 0 Å². The van der Waals surface area contributed by atoms with Gasteiger partial charge in [0.05, 0.1) is 6.61 Å². The van der Waals surface area contributed by atoms with Crippen LogP contribution in [0.25, 0.3) is 0 Å². The number of aromatic nitrogens is 1. The highest BCUT2D eigenvalue weighted by Gasteiger charge is 2.61. The Morgan fingerprint density at radius 3 is 2.83 bits per heavy atom. The molecule has 3 rings (SSSR count). The Bertz CT molecular complexity index is 586. The highest BCUT2D eigenvalue weighted by atomic mass is 19.3. The third kappa shape index (κ3) is 3.44. The molecule has 0 unspecified atom stereocenters. The van der Waals surface area contributed by atoms with Gasteiger partial charge in [-0.15, -0.1) is 0 Å². The zero-order valence-corrected chi connectivity index (χ0v) is 12.7. The highest BCUT2D eigenvalue weighted by molar-refractivity contribution is 5.85. The summed E-state index contributed by atoms with van der Waals surface area (Å²) in [7, 11) is 0. The van der Waals surface area contributed by atoms with Gasteiger partial charge in [0.2, 0.25) is 5.88 Å². The van der Waals surface area contributed by atoms with Gasteiger partial charge in [-0.3, -0.25) is 4.79 Å². The van der Waals surface area contributed by atoms with E-state index in [9.17, 15) is 18.7 Å². The number of nitrogens with one attached hydrogen (secondary N) is 1. The summed E-state index contributed by atoms with van der Waals surface area (Å²) in [5.74, 6) is -4.21. The van der Waals surface area contributed by atoms with Gasteiger partial charge in [-0.25, -0.2) is 4.98 Å². The molecule has 1 heterocycles. The van der Waals surface area contributed by atoms with Gasteiger partial charge in [0.25, 0.3) is 5.91 Å². The molecule has 0 aromatic carbocycles. The molecule has 7 heteroatoms. The molecule has 2 N–H and O–H groups in total. The number of halogens is 2. The zero-order chi connectivity index (χ0) is 16.5. The molecule has 1 amide bonds. The smallest absolute Gasteiger partial charge is 0.352 e. The molecule has 2 aliphatic carbocycles. The SMILES string of the molecule is O=C(NCc1ccnc(OCC2CC2)c1)C(F)(F)C1(O)CCC1. The largest absolute Gasteiger partial charge is 0.477 e. The molecule has 0 saturated heterocycles. The van der Waals surface area contributed by atoms with Gasteiger partial charge in [-0.05, 0) is 49.7 Å². The number of nitrogens with zero attached hydrogens (tertiary/aromatic N) is 1. The minimum atomic E-state index is -3.77. The maximum Gasteiger partial charge on any atom is 0.352 e. The number of rotatable bonds is 7. The molecule has 2 aliphatic rings. The quantitative estimate of drug-likeness (QED) is 0.804. The molecule has 5 nitrogen and oxygen atoms in total. The first-order valence-corrected chi connectivity index (χ1v) is 7.87. The average molecular weight is 326 g/mol. The van der Waals surface area contributed by atoms with E-state index in [1.54, 1.807) is 12.1 Å². The average Bonchev–Trinajstić information content (AvgIpc) is 3.32. The number of amides is 1. The van der Waals surface area contributed by atoms with Crippen LogP contribution in [0, 0.1) is 5.92 Å². The Balaban J connectivity index is 1.54. The summed E-state index contributed by atoms with van der Waals surface area (Å²) in [5.41, 5.74) is -1.58. The van der Waals surface area contributed by atoms with E-state index >= 15 is 0 Å². The van der Waals surface area contributed by atoms with Crippen LogP contribution in [0.15, 0.2) is 18.3 Å². The van der Waals surface area contributed by atoms with E-state index in [2.05, 4.69) is 10.3 Å². The number of pyridine rings is 1. The van der Waals surface area contributed by atoms with Crippen molar-refractivity contribution in [1.82, 2.24) is 10.3 Å². The van der Waals surface area contributed by atoms with Crippen LogP contribution in [-0.4, -0.2) is 34.1 Å². The first-order chi connectivity index (χ1) is 10.9. The molecular weight excluding hydrogens is 306 g/mol. The first kappa shape index (κ1) is 16.1. The summed E-state index contributed by atoms with van der Waals surface area (Å²) < 4.78 is 33.4. The topological polar surface area (TPSA) is 71.5 Å². The monoisotopic (exact) mass is 326 g/mol. The standard InChI is InChI=1S/C16H20F2N2O3/c17-16(18,15(22)5-1-6-15)14(21)20-9-12-4-7-19-13(8-12)23-10-11-2-3-11/h4,7-8,11,22H,1-3,5-6,9-10H2,(H,20,21). The lowest BCUT2D eigenvalue weighted by atomic mass is 9.75. The van der Waals surface area contributed by atoms with Crippen LogP contribution in [0.4, 0.5) is 8.78 Å². The van der Waals surface area contributed by atoms with E-state index in [0.717, 1.165) is 12.8 Å². The van der Waals surface area contributed by atoms with Crippen LogP contribution < -0.4 is 10.1 Å². The van der Waals surface area contributed by atoms with Gasteiger partial charge in [-0.1, -0.05) is 0 Å². The fourth-order valence-corrected chi connectivity index (χ4v) is 2.46. The molecule has 0 radical (unpaired) electrons. The van der Waals surface area contributed by atoms with Crippen LogP contribution in [0.2, 0.25) is 0 Å². The summed E-state index contributed by atoms with van der Waals surface area (Å²) in [4.78, 5) is 15.8. The molecular formula is C16H20F2N2O3. The minimum absolute atomic E-state index is 0.0537. The van der Waals surface area contributed by atoms with E-state index in [0.29, 0.717) is 30.4 Å². The van der Waals surface area contributed by atoms with E-state index in [1.165, 1.54) is 6.20 Å². The molecule has 0 aliphatic heterocycles. The van der Waals surface area contributed by atoms with Crippen molar-refractivity contribution in [1.29, 1.82) is 0 Å². The van der Waals surface area contributed by atoms with Gasteiger partial charge in [0, 0.05) is 18.8 Å². The second-order valence-electron chi connectivity index (χ2n) is 6.40. The lowest BCUT2D eigenvalue weighted by Gasteiger charge is -2.41. The van der Waals surface area contributed by atoms with Crippen LogP contribution >= 0.6 is 0 Å². The summed E-state index contributed by atoms with van der Waals surface area (Å²) in [6, 6.07) is 3.25. The number of carbonyl (C=O) groups is 1. The molecule has 0 bridgehead atoms. The van der Waals surface area contributed by atoms with Crippen LogP contribution in [0.3, 0.4) is 0 Å². The molecule has 2 saturated carbocycles. The third-order valence-corrected chi connectivity index (χ3v) is 4.47. The molecule has 1 aromatic heterocycles. The summed E-state index contributed by atoms with van der Waals surface area (Å²) in [5, 5.41) is 11.9. The van der Waals surface area contributed by atoms with Crippen LogP contribution in [-0.2, 0) is 11.3 Å². The van der Waals surface area contributed by atoms with Crippen molar-refractivity contribution >= 4 is 5.91 Å². The van der Waals surface area contributed by atoms with Gasteiger partial charge >= 0.3 is 5.92 Å². The van der Waals surface area contributed by atoms with E-state index in [4.69, 9.17) is 4.74 Å². The lowest BCUT2D eigenvalue weighted by molar-refractivity contribution is -0.216. The van der Waals surface area contributed by atoms with E-state index in [-0.39, 0.29) is 19.4 Å². The Kier molecular flexibility index (Phi) is 4.23. The van der Waals surface area contributed by atoms with Gasteiger partial charge in [-0.2, -0.15) is 8.78 Å². The van der Waals surface area contributed by atoms with Crippen molar-refractivity contribution in [3.8, 4) is 5.88 Å². The van der Waals surface area contributed by atoms with E-state index < -0.39 is 17.4 Å². The summed E-state index contributed by atoms with van der Waals surface area (Å²) in [6.07, 6.45) is 4.23. The number of carbonyl (C=O) groups excluding carboxylic acids is 1. The maximum atomic E-state index is 13.9. The number of hydrogen-bond acceptors (Lipinski definition) is 4. The molecule has 2 fully saturated rings. The van der Waals surface area contributed by atoms with Gasteiger partial charge < -0.3 is 15.2 Å². The zero-order valence-electron chi connectivity index (χ0n) is 12.7. The second kappa shape index (κ2) is 6.03. The molecule has 0 atom stereocenters. The number of hydrogen-bond donors (Lipinski definition) is 2. The molecule has 0 spiro atoms. The molecule has 23 heavy (non-hydrogen) atoms. The Labute approximate surface area is 133 Å². The van der Waals surface area contributed by atoms with Crippen molar-refractivity contribution in [3.63, 3.8) is 0 Å². The summed E-state index contributed by atoms with van der Waals surface area (Å²) >= 11 is 0. The van der Waals surface area contributed by atoms with Crippen molar-refractivity contribution in [2.45, 2.75) is 50.2 Å². The number of alkyl halides is 2. The third-order valence-electron chi connectivity index (χ3n) is 4.47. The van der Waals surface area contributed by atoms with Crippen molar-refractivity contribution in [2.24, 2.45) is 5.92 Å². The Morgan fingerprint density at radius 1 is 1.48 bits per heavy atom.